The molecular formula is C17H16N4O3. The van der Waals surface area contributed by atoms with E-state index < -0.39 is 11.8 Å². The summed E-state index contributed by atoms with van der Waals surface area (Å²) in [6.45, 7) is 2.14. The molecule has 1 aliphatic heterocycles. The second kappa shape index (κ2) is 6.49. The second-order valence-electron chi connectivity index (χ2n) is 5.41. The van der Waals surface area contributed by atoms with Gasteiger partial charge in [-0.1, -0.05) is 0 Å². The van der Waals surface area contributed by atoms with E-state index in [-0.39, 0.29) is 5.91 Å². The van der Waals surface area contributed by atoms with Crippen molar-refractivity contribution < 1.29 is 14.4 Å². The number of aromatic nitrogens is 1. The fourth-order valence-corrected chi connectivity index (χ4v) is 2.63. The van der Waals surface area contributed by atoms with Gasteiger partial charge in [0.1, 0.15) is 0 Å². The maximum Gasteiger partial charge on any atom is 0.271 e. The van der Waals surface area contributed by atoms with Gasteiger partial charge in [0.2, 0.25) is 5.91 Å². The lowest BCUT2D eigenvalue weighted by atomic mass is 10.1. The van der Waals surface area contributed by atoms with E-state index >= 15 is 0 Å². The lowest BCUT2D eigenvalue weighted by Gasteiger charge is -2.14. The van der Waals surface area contributed by atoms with Gasteiger partial charge in [0.05, 0.1) is 5.56 Å². The van der Waals surface area contributed by atoms with E-state index in [9.17, 15) is 14.4 Å². The maximum absolute atomic E-state index is 12.2. The number of amides is 3. The highest BCUT2D eigenvalue weighted by Gasteiger charge is 2.23. The van der Waals surface area contributed by atoms with Crippen molar-refractivity contribution >= 4 is 23.4 Å². The van der Waals surface area contributed by atoms with Crippen LogP contribution < -0.4 is 15.8 Å². The minimum absolute atomic E-state index is 0.0188. The van der Waals surface area contributed by atoms with Gasteiger partial charge >= 0.3 is 0 Å². The molecule has 24 heavy (non-hydrogen) atoms. The molecule has 2 heterocycles. The summed E-state index contributed by atoms with van der Waals surface area (Å²) in [5.74, 6) is -0.883. The Balaban J connectivity index is 1.66. The number of carbonyl (C=O) groups is 3. The van der Waals surface area contributed by atoms with E-state index in [1.54, 1.807) is 41.4 Å². The number of carbonyl (C=O) groups excluding carboxylic acids is 3. The molecule has 7 nitrogen and oxygen atoms in total. The third-order valence-corrected chi connectivity index (χ3v) is 3.83. The average molecular weight is 324 g/mol. The summed E-state index contributed by atoms with van der Waals surface area (Å²) in [4.78, 5) is 41.1. The molecule has 0 aliphatic carbocycles. The van der Waals surface area contributed by atoms with Crippen LogP contribution in [0.2, 0.25) is 0 Å². The molecule has 1 aromatic carbocycles. The van der Waals surface area contributed by atoms with Crippen molar-refractivity contribution in [2.24, 2.45) is 0 Å². The predicted octanol–water partition coefficient (Wildman–Crippen LogP) is 1.07. The smallest absolute Gasteiger partial charge is 0.271 e. The maximum atomic E-state index is 12.2. The summed E-state index contributed by atoms with van der Waals surface area (Å²) >= 11 is 0. The molecule has 0 bridgehead atoms. The summed E-state index contributed by atoms with van der Waals surface area (Å²) in [6.07, 6.45) is 3.68. The Kier molecular flexibility index (Phi) is 4.24. The molecule has 2 N–H and O–H groups in total. The number of hydrogen-bond acceptors (Lipinski definition) is 4. The van der Waals surface area contributed by atoms with Crippen LogP contribution in [0.4, 0.5) is 5.69 Å². The number of fused-ring (bicyclic) bond motifs is 1. The fraction of sp³-hybridized carbons (Fsp3) is 0.176. The summed E-state index contributed by atoms with van der Waals surface area (Å²) in [5.41, 5.74) is 7.27. The molecule has 122 valence electrons. The van der Waals surface area contributed by atoms with Gasteiger partial charge < -0.3 is 4.90 Å². The van der Waals surface area contributed by atoms with E-state index in [1.807, 2.05) is 0 Å². The monoisotopic (exact) mass is 324 g/mol. The molecule has 0 spiro atoms. The van der Waals surface area contributed by atoms with Gasteiger partial charge in [-0.25, -0.2) is 0 Å². The molecule has 0 atom stereocenters. The molecule has 0 unspecified atom stereocenters. The van der Waals surface area contributed by atoms with Crippen LogP contribution in [0.3, 0.4) is 0 Å². The van der Waals surface area contributed by atoms with E-state index in [0.29, 0.717) is 24.1 Å². The number of nitrogens with one attached hydrogen (secondary N) is 2. The van der Waals surface area contributed by atoms with Gasteiger partial charge in [-0.05, 0) is 42.3 Å². The van der Waals surface area contributed by atoms with Crippen LogP contribution in [0.15, 0.2) is 42.7 Å². The Morgan fingerprint density at radius 1 is 1.08 bits per heavy atom. The molecule has 0 radical (unpaired) electrons. The van der Waals surface area contributed by atoms with Crippen LogP contribution in [0.1, 0.15) is 33.2 Å². The number of nitrogens with zero attached hydrogens (tertiary/aromatic N) is 2. The van der Waals surface area contributed by atoms with Gasteiger partial charge in [0, 0.05) is 37.1 Å². The van der Waals surface area contributed by atoms with E-state index in [2.05, 4.69) is 15.8 Å². The van der Waals surface area contributed by atoms with Crippen molar-refractivity contribution in [1.29, 1.82) is 0 Å². The van der Waals surface area contributed by atoms with Crippen LogP contribution >= 0.6 is 0 Å². The molecule has 2 aromatic rings. The second-order valence-corrected chi connectivity index (χ2v) is 5.41. The van der Waals surface area contributed by atoms with Crippen molar-refractivity contribution in [2.45, 2.75) is 13.3 Å². The average Bonchev–Trinajstić information content (AvgIpc) is 3.03. The number of benzene rings is 1. The predicted molar refractivity (Wildman–Crippen MR) is 87.3 cm³/mol. The largest absolute Gasteiger partial charge is 0.312 e. The van der Waals surface area contributed by atoms with Gasteiger partial charge in [-0.2, -0.15) is 0 Å². The first-order chi connectivity index (χ1) is 11.6. The topological polar surface area (TPSA) is 91.4 Å². The zero-order valence-corrected chi connectivity index (χ0v) is 13.1. The van der Waals surface area contributed by atoms with Crippen molar-refractivity contribution in [1.82, 2.24) is 15.8 Å². The van der Waals surface area contributed by atoms with Crippen molar-refractivity contribution in [3.05, 3.63) is 59.4 Å². The summed E-state index contributed by atoms with van der Waals surface area (Å²) < 4.78 is 0. The number of hydrazine groups is 1. The minimum atomic E-state index is -0.444. The molecule has 3 rings (SSSR count). The standard InChI is InChI=1S/C17H16N4O3/c1-11(22)21-8-6-12-9-13(4-5-15(12)21)16(23)19-20-17(24)14-3-2-7-18-10-14/h2-5,7,9-10H,6,8H2,1H3,(H,19,23)(H,20,24). The van der Waals surface area contributed by atoms with Crippen LogP contribution in [-0.4, -0.2) is 29.3 Å². The minimum Gasteiger partial charge on any atom is -0.312 e. The van der Waals surface area contributed by atoms with Crippen molar-refractivity contribution in [3.8, 4) is 0 Å². The van der Waals surface area contributed by atoms with Crippen LogP contribution in [0.25, 0.3) is 0 Å². The third-order valence-electron chi connectivity index (χ3n) is 3.83. The molecule has 1 aromatic heterocycles. The van der Waals surface area contributed by atoms with Crippen LogP contribution in [0, 0.1) is 0 Å². The Bertz CT molecular complexity index is 805. The van der Waals surface area contributed by atoms with E-state index in [1.165, 1.54) is 13.1 Å². The summed E-state index contributed by atoms with van der Waals surface area (Å²) in [6, 6.07) is 8.36. The Morgan fingerprint density at radius 3 is 2.50 bits per heavy atom. The lowest BCUT2D eigenvalue weighted by Crippen LogP contribution is -2.41. The highest BCUT2D eigenvalue weighted by Crippen LogP contribution is 2.28. The zero-order valence-electron chi connectivity index (χ0n) is 13.1. The number of anilines is 1. The Hall–Kier alpha value is -3.22. The molecule has 3 amide bonds. The summed E-state index contributed by atoms with van der Waals surface area (Å²) in [5, 5.41) is 0. The quantitative estimate of drug-likeness (QED) is 0.808. The number of pyridine rings is 1. The van der Waals surface area contributed by atoms with Crippen molar-refractivity contribution in [3.63, 3.8) is 0 Å². The normalized spacial score (nSPS) is 12.5. The first kappa shape index (κ1) is 15.7. The summed E-state index contributed by atoms with van der Waals surface area (Å²) in [7, 11) is 0. The fourth-order valence-electron chi connectivity index (χ4n) is 2.63. The Morgan fingerprint density at radius 2 is 1.83 bits per heavy atom. The molecule has 1 aliphatic rings. The van der Waals surface area contributed by atoms with Crippen molar-refractivity contribution in [2.75, 3.05) is 11.4 Å². The lowest BCUT2D eigenvalue weighted by molar-refractivity contribution is -0.116. The number of rotatable bonds is 2. The third kappa shape index (κ3) is 3.10. The SMILES string of the molecule is CC(=O)N1CCc2cc(C(=O)NNC(=O)c3cccnc3)ccc21. The highest BCUT2D eigenvalue weighted by atomic mass is 16.2. The van der Waals surface area contributed by atoms with Crippen LogP contribution in [-0.2, 0) is 11.2 Å². The molecule has 7 heteroatoms. The first-order valence-electron chi connectivity index (χ1n) is 7.48. The van der Waals surface area contributed by atoms with Crippen LogP contribution in [0.5, 0.6) is 0 Å². The zero-order chi connectivity index (χ0) is 17.1. The highest BCUT2D eigenvalue weighted by molar-refractivity contribution is 6.00. The molecule has 0 saturated heterocycles. The molecule has 0 fully saturated rings. The van der Waals surface area contributed by atoms with Gasteiger partial charge in [-0.3, -0.25) is 30.2 Å². The van der Waals surface area contributed by atoms with Gasteiger partial charge in [0.25, 0.3) is 11.8 Å². The molecule has 0 saturated carbocycles. The van der Waals surface area contributed by atoms with Gasteiger partial charge in [-0.15, -0.1) is 0 Å². The number of hydrogen-bond donors (Lipinski definition) is 2. The van der Waals surface area contributed by atoms with E-state index in [0.717, 1.165) is 11.3 Å². The Labute approximate surface area is 138 Å². The molecular weight excluding hydrogens is 308 g/mol. The van der Waals surface area contributed by atoms with E-state index in [4.69, 9.17) is 0 Å². The van der Waals surface area contributed by atoms with Gasteiger partial charge in [0.15, 0.2) is 0 Å². The first-order valence-corrected chi connectivity index (χ1v) is 7.48.